The van der Waals surface area contributed by atoms with Crippen LogP contribution in [0.15, 0.2) is 0 Å². The monoisotopic (exact) mass is 157 g/mol. The highest BCUT2D eigenvalue weighted by molar-refractivity contribution is 4.71. The second-order valence-electron chi connectivity index (χ2n) is 3.65. The van der Waals surface area contributed by atoms with Crippen molar-refractivity contribution in [3.8, 4) is 0 Å². The van der Waals surface area contributed by atoms with E-state index in [4.69, 9.17) is 10.8 Å². The maximum absolute atomic E-state index is 8.88. The summed E-state index contributed by atoms with van der Waals surface area (Å²) in [4.78, 5) is 0. The summed E-state index contributed by atoms with van der Waals surface area (Å²) in [6.45, 7) is 1.21. The zero-order chi connectivity index (χ0) is 8.10. The average Bonchev–Trinajstić information content (AvgIpc) is 2.07. The summed E-state index contributed by atoms with van der Waals surface area (Å²) in [6.07, 6.45) is 6.16. The van der Waals surface area contributed by atoms with Crippen LogP contribution in [0.4, 0.5) is 0 Å². The van der Waals surface area contributed by atoms with Crippen molar-refractivity contribution >= 4 is 0 Å². The van der Waals surface area contributed by atoms with Crippen molar-refractivity contribution in [3.05, 3.63) is 0 Å². The summed E-state index contributed by atoms with van der Waals surface area (Å²) in [5.74, 6) is 1.44. The number of aliphatic hydroxyl groups is 1. The molecule has 0 atom stereocenters. The summed E-state index contributed by atoms with van der Waals surface area (Å²) < 4.78 is 0. The number of hydrogen-bond donors (Lipinski definition) is 2. The van der Waals surface area contributed by atoms with E-state index in [2.05, 4.69) is 0 Å². The second kappa shape index (κ2) is 4.73. The molecule has 0 radical (unpaired) electrons. The topological polar surface area (TPSA) is 46.2 Å². The van der Waals surface area contributed by atoms with Gasteiger partial charge in [-0.15, -0.1) is 0 Å². The van der Waals surface area contributed by atoms with Crippen LogP contribution in [0.2, 0.25) is 0 Å². The Labute approximate surface area is 68.8 Å². The van der Waals surface area contributed by atoms with Crippen molar-refractivity contribution < 1.29 is 5.11 Å². The van der Waals surface area contributed by atoms with Crippen LogP contribution >= 0.6 is 0 Å². The summed E-state index contributed by atoms with van der Waals surface area (Å²) in [5, 5.41) is 8.88. The first-order valence-corrected chi connectivity index (χ1v) is 4.67. The second-order valence-corrected chi connectivity index (χ2v) is 3.65. The largest absolute Gasteiger partial charge is 0.396 e. The van der Waals surface area contributed by atoms with Crippen LogP contribution in [0.3, 0.4) is 0 Å². The van der Waals surface area contributed by atoms with E-state index in [1.807, 2.05) is 0 Å². The van der Waals surface area contributed by atoms with Gasteiger partial charge in [-0.05, 0) is 37.6 Å². The molecule has 1 aliphatic carbocycles. The summed E-state index contributed by atoms with van der Waals surface area (Å²) >= 11 is 0. The van der Waals surface area contributed by atoms with Gasteiger partial charge < -0.3 is 10.8 Å². The molecule has 0 aromatic heterocycles. The lowest BCUT2D eigenvalue weighted by atomic mass is 9.81. The lowest BCUT2D eigenvalue weighted by molar-refractivity contribution is 0.165. The Morgan fingerprint density at radius 1 is 1.09 bits per heavy atom. The molecule has 66 valence electrons. The molecule has 1 fully saturated rings. The standard InChI is InChI=1S/C9H19NO/c10-6-5-8-1-3-9(7-11)4-2-8/h8-9,11H,1-7,10H2/t8-,9-. The van der Waals surface area contributed by atoms with Crippen molar-refractivity contribution in [2.45, 2.75) is 32.1 Å². The Morgan fingerprint density at radius 3 is 2.09 bits per heavy atom. The minimum atomic E-state index is 0.384. The van der Waals surface area contributed by atoms with E-state index in [-0.39, 0.29) is 0 Å². The molecule has 0 saturated heterocycles. The van der Waals surface area contributed by atoms with Gasteiger partial charge >= 0.3 is 0 Å². The van der Waals surface area contributed by atoms with Crippen LogP contribution in [0.25, 0.3) is 0 Å². The zero-order valence-electron chi connectivity index (χ0n) is 7.13. The van der Waals surface area contributed by atoms with E-state index in [1.165, 1.54) is 32.1 Å². The van der Waals surface area contributed by atoms with Crippen LogP contribution in [0.1, 0.15) is 32.1 Å². The van der Waals surface area contributed by atoms with Gasteiger partial charge in [0.1, 0.15) is 0 Å². The van der Waals surface area contributed by atoms with Crippen molar-refractivity contribution in [1.82, 2.24) is 0 Å². The highest BCUT2D eigenvalue weighted by Gasteiger charge is 2.19. The van der Waals surface area contributed by atoms with Gasteiger partial charge in [-0.3, -0.25) is 0 Å². The minimum Gasteiger partial charge on any atom is -0.396 e. The van der Waals surface area contributed by atoms with Crippen LogP contribution in [-0.2, 0) is 0 Å². The number of nitrogens with two attached hydrogens (primary N) is 1. The molecule has 0 amide bonds. The Morgan fingerprint density at radius 2 is 1.64 bits per heavy atom. The molecule has 0 aliphatic heterocycles. The third-order valence-electron chi connectivity index (χ3n) is 2.80. The average molecular weight is 157 g/mol. The number of aliphatic hydroxyl groups excluding tert-OH is 1. The summed E-state index contributed by atoms with van der Waals surface area (Å²) in [5.41, 5.74) is 5.48. The van der Waals surface area contributed by atoms with E-state index < -0.39 is 0 Å². The molecule has 0 aromatic rings. The molecule has 0 heterocycles. The van der Waals surface area contributed by atoms with Crippen molar-refractivity contribution in [3.63, 3.8) is 0 Å². The van der Waals surface area contributed by atoms with Gasteiger partial charge in [-0.2, -0.15) is 0 Å². The quantitative estimate of drug-likeness (QED) is 0.645. The smallest absolute Gasteiger partial charge is 0.0459 e. The van der Waals surface area contributed by atoms with Gasteiger partial charge in [0, 0.05) is 6.61 Å². The zero-order valence-corrected chi connectivity index (χ0v) is 7.13. The molecule has 1 saturated carbocycles. The molecule has 1 aliphatic rings. The van der Waals surface area contributed by atoms with E-state index in [0.717, 1.165) is 12.5 Å². The molecule has 1 rings (SSSR count). The van der Waals surface area contributed by atoms with E-state index in [1.54, 1.807) is 0 Å². The molecule has 11 heavy (non-hydrogen) atoms. The van der Waals surface area contributed by atoms with Gasteiger partial charge in [0.25, 0.3) is 0 Å². The van der Waals surface area contributed by atoms with E-state index in [0.29, 0.717) is 12.5 Å². The molecule has 0 aromatic carbocycles. The Hall–Kier alpha value is -0.0800. The predicted octanol–water partition coefficient (Wildman–Crippen LogP) is 1.13. The van der Waals surface area contributed by atoms with Crippen molar-refractivity contribution in [2.75, 3.05) is 13.2 Å². The lowest BCUT2D eigenvalue weighted by Gasteiger charge is -2.26. The van der Waals surface area contributed by atoms with Gasteiger partial charge in [-0.1, -0.05) is 12.8 Å². The van der Waals surface area contributed by atoms with Gasteiger partial charge in [-0.25, -0.2) is 0 Å². The van der Waals surface area contributed by atoms with Crippen LogP contribution < -0.4 is 5.73 Å². The normalized spacial score (nSPS) is 32.2. The Kier molecular flexibility index (Phi) is 3.87. The maximum atomic E-state index is 8.88. The first-order valence-electron chi connectivity index (χ1n) is 4.67. The first kappa shape index (κ1) is 9.01. The fourth-order valence-electron chi connectivity index (χ4n) is 1.94. The SMILES string of the molecule is NCC[C@H]1CC[C@H](CO)CC1. The Balaban J connectivity index is 2.14. The molecule has 0 unspecified atom stereocenters. The third-order valence-corrected chi connectivity index (χ3v) is 2.80. The fourth-order valence-corrected chi connectivity index (χ4v) is 1.94. The van der Waals surface area contributed by atoms with Gasteiger partial charge in [0.15, 0.2) is 0 Å². The molecule has 0 bridgehead atoms. The molecule has 3 N–H and O–H groups in total. The molecule has 2 heteroatoms. The molecular formula is C9H19NO. The summed E-state index contributed by atoms with van der Waals surface area (Å²) in [6, 6.07) is 0. The molecule has 2 nitrogen and oxygen atoms in total. The number of hydrogen-bond acceptors (Lipinski definition) is 2. The third kappa shape index (κ3) is 2.80. The van der Waals surface area contributed by atoms with Gasteiger partial charge in [0.05, 0.1) is 0 Å². The van der Waals surface area contributed by atoms with E-state index >= 15 is 0 Å². The van der Waals surface area contributed by atoms with Crippen LogP contribution in [0.5, 0.6) is 0 Å². The highest BCUT2D eigenvalue weighted by atomic mass is 16.3. The predicted molar refractivity (Wildman–Crippen MR) is 46.2 cm³/mol. The van der Waals surface area contributed by atoms with Crippen LogP contribution in [0, 0.1) is 11.8 Å². The van der Waals surface area contributed by atoms with Gasteiger partial charge in [0.2, 0.25) is 0 Å². The van der Waals surface area contributed by atoms with Crippen LogP contribution in [-0.4, -0.2) is 18.3 Å². The first-order chi connectivity index (χ1) is 5.36. The van der Waals surface area contributed by atoms with Crippen molar-refractivity contribution in [1.29, 1.82) is 0 Å². The fraction of sp³-hybridized carbons (Fsp3) is 1.00. The molecular weight excluding hydrogens is 138 g/mol. The maximum Gasteiger partial charge on any atom is 0.0459 e. The van der Waals surface area contributed by atoms with Crippen molar-refractivity contribution in [2.24, 2.45) is 17.6 Å². The Bertz CT molecular complexity index is 97.7. The lowest BCUT2D eigenvalue weighted by Crippen LogP contribution is -2.19. The summed E-state index contributed by atoms with van der Waals surface area (Å²) in [7, 11) is 0. The number of rotatable bonds is 3. The highest BCUT2D eigenvalue weighted by Crippen LogP contribution is 2.29. The van der Waals surface area contributed by atoms with E-state index in [9.17, 15) is 0 Å². The molecule has 0 spiro atoms. The minimum absolute atomic E-state index is 0.384.